The lowest BCUT2D eigenvalue weighted by Gasteiger charge is -2.26. The Hall–Kier alpha value is -2.01. The largest absolute Gasteiger partial charge is 0.406 e. The van der Waals surface area contributed by atoms with Crippen molar-refractivity contribution in [3.63, 3.8) is 0 Å². The highest BCUT2D eigenvalue weighted by atomic mass is 79.9. The summed E-state index contributed by atoms with van der Waals surface area (Å²) in [5, 5.41) is 9.33. The molecule has 3 aromatic rings. The number of hydrogen-bond donors (Lipinski definition) is 2. The molecular weight excluding hydrogens is 330 g/mol. The Balaban J connectivity index is 1.81. The third-order valence-corrected chi connectivity index (χ3v) is 4.39. The summed E-state index contributed by atoms with van der Waals surface area (Å²) in [6, 6.07) is 17.5. The number of rotatable bonds is 1. The molecule has 0 aromatic heterocycles. The minimum Gasteiger partial charge on any atom is -0.405 e. The molecule has 0 spiro atoms. The third kappa shape index (κ3) is 2.08. The first-order valence-corrected chi connectivity index (χ1v) is 7.51. The lowest BCUT2D eigenvalue weighted by Crippen LogP contribution is -2.47. The van der Waals surface area contributed by atoms with Crippen molar-refractivity contribution in [1.82, 2.24) is 0 Å². The highest BCUT2D eigenvalue weighted by molar-refractivity contribution is 9.10. The van der Waals surface area contributed by atoms with Gasteiger partial charge in [-0.1, -0.05) is 30.3 Å². The number of nitrogens with one attached hydrogen (secondary N) is 2. The second-order valence-corrected chi connectivity index (χ2v) is 5.96. The molecule has 0 amide bonds. The molecule has 0 fully saturated rings. The van der Waals surface area contributed by atoms with Gasteiger partial charge in [-0.05, 0) is 51.0 Å². The standard InChI is InChI=1S/C16H11BBrFN2/c18-12-9-11(7-8-13(12)19)17-20-14-5-1-3-10-4-2-6-15(21-17)16(10)14/h1-9,20-21H. The maximum Gasteiger partial charge on any atom is 0.406 e. The van der Waals surface area contributed by atoms with Crippen molar-refractivity contribution in [2.45, 2.75) is 0 Å². The molecule has 1 heterocycles. The minimum atomic E-state index is -0.253. The molecule has 0 saturated heterocycles. The molecule has 102 valence electrons. The van der Waals surface area contributed by atoms with Crippen LogP contribution >= 0.6 is 15.9 Å². The Morgan fingerprint density at radius 3 is 2.19 bits per heavy atom. The lowest BCUT2D eigenvalue weighted by atomic mass is 9.66. The van der Waals surface area contributed by atoms with Crippen LogP contribution in [0.3, 0.4) is 0 Å². The molecule has 0 unspecified atom stereocenters. The molecule has 2 N–H and O–H groups in total. The van der Waals surface area contributed by atoms with Crippen LogP contribution in [0.4, 0.5) is 15.8 Å². The molecule has 0 saturated carbocycles. The van der Waals surface area contributed by atoms with E-state index in [0.29, 0.717) is 4.47 Å². The second kappa shape index (κ2) is 4.77. The molecule has 0 bridgehead atoms. The quantitative estimate of drug-likeness (QED) is 0.655. The van der Waals surface area contributed by atoms with Gasteiger partial charge in [-0.15, -0.1) is 0 Å². The normalized spacial score (nSPS) is 13.0. The Bertz CT molecular complexity index is 812. The summed E-state index contributed by atoms with van der Waals surface area (Å²) in [4.78, 5) is 0. The van der Waals surface area contributed by atoms with Crippen LogP contribution in [-0.2, 0) is 0 Å². The van der Waals surface area contributed by atoms with Crippen molar-refractivity contribution in [2.75, 3.05) is 10.5 Å². The average Bonchev–Trinajstić information content (AvgIpc) is 2.50. The minimum absolute atomic E-state index is 0.0811. The zero-order chi connectivity index (χ0) is 14.4. The third-order valence-electron chi connectivity index (χ3n) is 3.78. The van der Waals surface area contributed by atoms with E-state index < -0.39 is 0 Å². The molecule has 5 heteroatoms. The monoisotopic (exact) mass is 340 g/mol. The zero-order valence-corrected chi connectivity index (χ0v) is 12.6. The van der Waals surface area contributed by atoms with Crippen molar-refractivity contribution < 1.29 is 4.39 Å². The van der Waals surface area contributed by atoms with Crippen molar-refractivity contribution in [2.24, 2.45) is 0 Å². The predicted octanol–water partition coefficient (Wildman–Crippen LogP) is 3.97. The van der Waals surface area contributed by atoms with E-state index in [9.17, 15) is 4.39 Å². The van der Waals surface area contributed by atoms with Crippen LogP contribution in [0.1, 0.15) is 0 Å². The van der Waals surface area contributed by atoms with Gasteiger partial charge in [0.15, 0.2) is 0 Å². The van der Waals surface area contributed by atoms with Crippen LogP contribution in [0.15, 0.2) is 59.1 Å². The molecule has 0 radical (unpaired) electrons. The van der Waals surface area contributed by atoms with E-state index in [-0.39, 0.29) is 12.8 Å². The molecule has 21 heavy (non-hydrogen) atoms. The zero-order valence-electron chi connectivity index (χ0n) is 11.0. The molecule has 2 nitrogen and oxygen atoms in total. The summed E-state index contributed by atoms with van der Waals surface area (Å²) in [6.45, 7) is -0.0811. The van der Waals surface area contributed by atoms with Gasteiger partial charge in [0.1, 0.15) is 5.82 Å². The highest BCUT2D eigenvalue weighted by Gasteiger charge is 2.25. The van der Waals surface area contributed by atoms with E-state index in [1.54, 1.807) is 12.1 Å². The average molecular weight is 341 g/mol. The summed E-state index contributed by atoms with van der Waals surface area (Å²) >= 11 is 3.24. The number of halogens is 2. The topological polar surface area (TPSA) is 24.1 Å². The fraction of sp³-hybridized carbons (Fsp3) is 0. The van der Waals surface area contributed by atoms with E-state index in [4.69, 9.17) is 0 Å². The van der Waals surface area contributed by atoms with Gasteiger partial charge in [-0.3, -0.25) is 0 Å². The predicted molar refractivity (Wildman–Crippen MR) is 90.7 cm³/mol. The van der Waals surface area contributed by atoms with Crippen LogP contribution in [0.2, 0.25) is 0 Å². The summed E-state index contributed by atoms with van der Waals surface area (Å²) in [5.74, 6) is -0.253. The summed E-state index contributed by atoms with van der Waals surface area (Å²) in [5.41, 5.74) is 3.16. The number of anilines is 2. The van der Waals surface area contributed by atoms with Crippen LogP contribution < -0.4 is 15.9 Å². The van der Waals surface area contributed by atoms with Crippen LogP contribution in [0.5, 0.6) is 0 Å². The Kier molecular flexibility index (Phi) is 2.89. The van der Waals surface area contributed by atoms with Gasteiger partial charge in [-0.25, -0.2) is 4.39 Å². The van der Waals surface area contributed by atoms with Crippen molar-refractivity contribution in [3.8, 4) is 0 Å². The SMILES string of the molecule is Fc1ccc(B2Nc3cccc4cccc(c34)N2)cc1Br. The van der Waals surface area contributed by atoms with E-state index >= 15 is 0 Å². The van der Waals surface area contributed by atoms with Crippen LogP contribution in [0.25, 0.3) is 10.8 Å². The van der Waals surface area contributed by atoms with Gasteiger partial charge in [0, 0.05) is 16.8 Å². The Morgan fingerprint density at radius 1 is 0.905 bits per heavy atom. The van der Waals surface area contributed by atoms with E-state index in [2.05, 4.69) is 50.7 Å². The molecule has 0 atom stereocenters. The van der Waals surface area contributed by atoms with Crippen LogP contribution in [0, 0.1) is 5.82 Å². The van der Waals surface area contributed by atoms with Gasteiger partial charge in [0.2, 0.25) is 0 Å². The van der Waals surface area contributed by atoms with Crippen molar-refractivity contribution in [3.05, 3.63) is 64.9 Å². The van der Waals surface area contributed by atoms with E-state index in [1.165, 1.54) is 16.8 Å². The summed E-state index contributed by atoms with van der Waals surface area (Å²) in [6.07, 6.45) is 0. The Labute approximate surface area is 130 Å². The molecular formula is C16H11BBrFN2. The number of benzene rings is 3. The second-order valence-electron chi connectivity index (χ2n) is 5.10. The molecule has 1 aliphatic heterocycles. The first-order valence-electron chi connectivity index (χ1n) is 6.72. The molecule has 0 aliphatic carbocycles. The first-order chi connectivity index (χ1) is 10.2. The first kappa shape index (κ1) is 12.7. The van der Waals surface area contributed by atoms with Gasteiger partial charge < -0.3 is 10.5 Å². The van der Waals surface area contributed by atoms with Gasteiger partial charge >= 0.3 is 6.98 Å². The Morgan fingerprint density at radius 2 is 1.57 bits per heavy atom. The summed E-state index contributed by atoms with van der Waals surface area (Å²) < 4.78 is 13.9. The highest BCUT2D eigenvalue weighted by Crippen LogP contribution is 2.33. The fourth-order valence-electron chi connectivity index (χ4n) is 2.79. The summed E-state index contributed by atoms with van der Waals surface area (Å²) in [7, 11) is 0. The van der Waals surface area contributed by atoms with E-state index in [1.807, 2.05) is 12.1 Å². The lowest BCUT2D eigenvalue weighted by molar-refractivity contribution is 0.621. The van der Waals surface area contributed by atoms with Gasteiger partial charge in [-0.2, -0.15) is 0 Å². The molecule has 3 aromatic carbocycles. The van der Waals surface area contributed by atoms with Gasteiger partial charge in [0.25, 0.3) is 0 Å². The maximum absolute atomic E-state index is 13.4. The van der Waals surface area contributed by atoms with Crippen LogP contribution in [-0.4, -0.2) is 6.98 Å². The number of hydrogen-bond acceptors (Lipinski definition) is 2. The van der Waals surface area contributed by atoms with Crippen molar-refractivity contribution in [1.29, 1.82) is 0 Å². The molecule has 4 rings (SSSR count). The van der Waals surface area contributed by atoms with Crippen molar-refractivity contribution >= 4 is 50.5 Å². The molecule has 1 aliphatic rings. The maximum atomic E-state index is 13.4. The van der Waals surface area contributed by atoms with Gasteiger partial charge in [0.05, 0.1) is 4.47 Å². The van der Waals surface area contributed by atoms with E-state index in [0.717, 1.165) is 16.8 Å². The smallest absolute Gasteiger partial charge is 0.405 e. The fourth-order valence-corrected chi connectivity index (χ4v) is 3.18.